The summed E-state index contributed by atoms with van der Waals surface area (Å²) in [6.07, 6.45) is 0. The van der Waals surface area contributed by atoms with Crippen molar-refractivity contribution in [1.82, 2.24) is 15.2 Å². The third-order valence-electron chi connectivity index (χ3n) is 4.87. The first kappa shape index (κ1) is 21.0. The normalized spacial score (nSPS) is 14.6. The van der Waals surface area contributed by atoms with Crippen molar-refractivity contribution in [3.05, 3.63) is 59.4 Å². The minimum atomic E-state index is -0.342. The Morgan fingerprint density at radius 3 is 2.34 bits per heavy atom. The Morgan fingerprint density at radius 2 is 1.69 bits per heavy atom. The Labute approximate surface area is 171 Å². The van der Waals surface area contributed by atoms with Gasteiger partial charge in [0.05, 0.1) is 13.2 Å². The molecule has 3 rings (SSSR count). The zero-order valence-corrected chi connectivity index (χ0v) is 17.0. The Hall–Kier alpha value is -2.77. The van der Waals surface area contributed by atoms with E-state index in [4.69, 9.17) is 4.74 Å². The number of rotatable bonds is 7. The van der Waals surface area contributed by atoms with E-state index in [2.05, 4.69) is 34.4 Å². The van der Waals surface area contributed by atoms with Crippen LogP contribution in [0.5, 0.6) is 0 Å². The minimum absolute atomic E-state index is 0.207. The van der Waals surface area contributed by atoms with Crippen molar-refractivity contribution in [2.45, 2.75) is 19.8 Å². The van der Waals surface area contributed by atoms with Crippen molar-refractivity contribution in [2.24, 2.45) is 0 Å². The molecule has 2 heterocycles. The Morgan fingerprint density at radius 1 is 1.03 bits per heavy atom. The lowest BCUT2D eigenvalue weighted by Gasteiger charge is -2.26. The number of aromatic nitrogens is 1. The molecule has 0 aliphatic carbocycles. The van der Waals surface area contributed by atoms with Gasteiger partial charge in [0.2, 0.25) is 0 Å². The van der Waals surface area contributed by atoms with Gasteiger partial charge in [-0.15, -0.1) is 0 Å². The van der Waals surface area contributed by atoms with Crippen LogP contribution in [0.1, 0.15) is 46.3 Å². The molecule has 1 fully saturated rings. The summed E-state index contributed by atoms with van der Waals surface area (Å²) in [7, 11) is 0. The van der Waals surface area contributed by atoms with Gasteiger partial charge < -0.3 is 15.4 Å². The molecule has 1 saturated heterocycles. The first-order chi connectivity index (χ1) is 14.0. The molecule has 1 aliphatic rings. The van der Waals surface area contributed by atoms with E-state index in [1.807, 2.05) is 24.3 Å². The third-order valence-corrected chi connectivity index (χ3v) is 4.87. The SMILES string of the molecule is CC(C)c1ccc(NC(=O)c2cccc(C(=O)NCCN3CCOCC3)n2)cc1. The second kappa shape index (κ2) is 10.1. The Bertz CT molecular complexity index is 830. The molecular weight excluding hydrogens is 368 g/mol. The van der Waals surface area contributed by atoms with E-state index in [9.17, 15) is 9.59 Å². The van der Waals surface area contributed by atoms with Crippen molar-refractivity contribution < 1.29 is 14.3 Å². The molecule has 0 atom stereocenters. The fourth-order valence-corrected chi connectivity index (χ4v) is 3.08. The lowest BCUT2D eigenvalue weighted by atomic mass is 10.0. The first-order valence-corrected chi connectivity index (χ1v) is 9.99. The zero-order chi connectivity index (χ0) is 20.6. The molecular formula is C22H28N4O3. The minimum Gasteiger partial charge on any atom is -0.379 e. The highest BCUT2D eigenvalue weighted by Crippen LogP contribution is 2.17. The number of anilines is 1. The summed E-state index contributed by atoms with van der Waals surface area (Å²) in [5, 5.41) is 5.69. The Kier molecular flexibility index (Phi) is 7.32. The number of amides is 2. The number of morpholine rings is 1. The predicted molar refractivity (Wildman–Crippen MR) is 112 cm³/mol. The van der Waals surface area contributed by atoms with Crippen molar-refractivity contribution >= 4 is 17.5 Å². The topological polar surface area (TPSA) is 83.6 Å². The second-order valence-corrected chi connectivity index (χ2v) is 7.35. The van der Waals surface area contributed by atoms with E-state index in [-0.39, 0.29) is 23.2 Å². The van der Waals surface area contributed by atoms with E-state index in [1.165, 1.54) is 5.56 Å². The van der Waals surface area contributed by atoms with Crippen LogP contribution in [-0.2, 0) is 4.74 Å². The number of carbonyl (C=O) groups excluding carboxylic acids is 2. The van der Waals surface area contributed by atoms with Crippen LogP contribution in [0.15, 0.2) is 42.5 Å². The van der Waals surface area contributed by atoms with Crippen LogP contribution in [0, 0.1) is 0 Å². The van der Waals surface area contributed by atoms with Crippen LogP contribution in [0.3, 0.4) is 0 Å². The summed E-state index contributed by atoms with van der Waals surface area (Å²) in [6.45, 7) is 8.74. The maximum absolute atomic E-state index is 12.5. The highest BCUT2D eigenvalue weighted by Gasteiger charge is 2.14. The zero-order valence-electron chi connectivity index (χ0n) is 17.0. The fourth-order valence-electron chi connectivity index (χ4n) is 3.08. The Balaban J connectivity index is 1.54. The van der Waals surface area contributed by atoms with Crippen molar-refractivity contribution in [2.75, 3.05) is 44.7 Å². The summed E-state index contributed by atoms with van der Waals surface area (Å²) < 4.78 is 5.31. The van der Waals surface area contributed by atoms with Crippen LogP contribution in [0.2, 0.25) is 0 Å². The highest BCUT2D eigenvalue weighted by molar-refractivity contribution is 6.03. The van der Waals surface area contributed by atoms with Gasteiger partial charge in [-0.05, 0) is 35.7 Å². The van der Waals surface area contributed by atoms with E-state index in [0.717, 1.165) is 32.8 Å². The van der Waals surface area contributed by atoms with Crippen LogP contribution in [0.4, 0.5) is 5.69 Å². The molecule has 2 amide bonds. The number of hydrogen-bond acceptors (Lipinski definition) is 5. The molecule has 7 nitrogen and oxygen atoms in total. The quantitative estimate of drug-likeness (QED) is 0.751. The van der Waals surface area contributed by atoms with Gasteiger partial charge in [0.25, 0.3) is 11.8 Å². The van der Waals surface area contributed by atoms with Gasteiger partial charge in [0, 0.05) is 31.9 Å². The van der Waals surface area contributed by atoms with Gasteiger partial charge >= 0.3 is 0 Å². The van der Waals surface area contributed by atoms with Crippen LogP contribution >= 0.6 is 0 Å². The molecule has 0 bridgehead atoms. The van der Waals surface area contributed by atoms with E-state index in [1.54, 1.807) is 18.2 Å². The van der Waals surface area contributed by atoms with Gasteiger partial charge in [0.15, 0.2) is 0 Å². The van der Waals surface area contributed by atoms with Gasteiger partial charge in [-0.2, -0.15) is 0 Å². The number of ether oxygens (including phenoxy) is 1. The van der Waals surface area contributed by atoms with Crippen molar-refractivity contribution in [3.8, 4) is 0 Å². The number of benzene rings is 1. The molecule has 1 aromatic heterocycles. The summed E-state index contributed by atoms with van der Waals surface area (Å²) in [6, 6.07) is 12.6. The number of nitrogens with zero attached hydrogens (tertiary/aromatic N) is 2. The predicted octanol–water partition coefficient (Wildman–Crippen LogP) is 2.52. The van der Waals surface area contributed by atoms with Crippen LogP contribution in [0.25, 0.3) is 0 Å². The number of pyridine rings is 1. The average Bonchev–Trinajstić information content (AvgIpc) is 2.75. The third kappa shape index (κ3) is 6.10. The van der Waals surface area contributed by atoms with E-state index in [0.29, 0.717) is 18.2 Å². The lowest BCUT2D eigenvalue weighted by Crippen LogP contribution is -2.41. The maximum atomic E-state index is 12.5. The molecule has 0 spiro atoms. The highest BCUT2D eigenvalue weighted by atomic mass is 16.5. The fraction of sp³-hybridized carbons (Fsp3) is 0.409. The molecule has 7 heteroatoms. The first-order valence-electron chi connectivity index (χ1n) is 9.99. The van der Waals surface area contributed by atoms with Crippen molar-refractivity contribution in [1.29, 1.82) is 0 Å². The van der Waals surface area contributed by atoms with Gasteiger partial charge in [-0.1, -0.05) is 32.0 Å². The molecule has 2 N–H and O–H groups in total. The standard InChI is InChI=1S/C22H28N4O3/c1-16(2)17-6-8-18(9-7-17)24-22(28)20-5-3-4-19(25-20)21(27)23-10-11-26-12-14-29-15-13-26/h3-9,16H,10-15H2,1-2H3,(H,23,27)(H,24,28). The smallest absolute Gasteiger partial charge is 0.274 e. The lowest BCUT2D eigenvalue weighted by molar-refractivity contribution is 0.0383. The van der Waals surface area contributed by atoms with Gasteiger partial charge in [-0.3, -0.25) is 14.5 Å². The molecule has 1 aliphatic heterocycles. The number of hydrogen-bond donors (Lipinski definition) is 2. The molecule has 0 unspecified atom stereocenters. The molecule has 0 saturated carbocycles. The molecule has 154 valence electrons. The molecule has 0 radical (unpaired) electrons. The maximum Gasteiger partial charge on any atom is 0.274 e. The molecule has 29 heavy (non-hydrogen) atoms. The molecule has 2 aromatic rings. The summed E-state index contributed by atoms with van der Waals surface area (Å²) in [5.74, 6) is -0.195. The summed E-state index contributed by atoms with van der Waals surface area (Å²) in [5.41, 5.74) is 2.34. The summed E-state index contributed by atoms with van der Waals surface area (Å²) in [4.78, 5) is 31.3. The number of nitrogens with one attached hydrogen (secondary N) is 2. The van der Waals surface area contributed by atoms with Gasteiger partial charge in [0.1, 0.15) is 11.4 Å². The second-order valence-electron chi connectivity index (χ2n) is 7.35. The van der Waals surface area contributed by atoms with Crippen LogP contribution < -0.4 is 10.6 Å². The van der Waals surface area contributed by atoms with Crippen molar-refractivity contribution in [3.63, 3.8) is 0 Å². The summed E-state index contributed by atoms with van der Waals surface area (Å²) >= 11 is 0. The average molecular weight is 396 g/mol. The van der Waals surface area contributed by atoms with Gasteiger partial charge in [-0.25, -0.2) is 4.98 Å². The van der Waals surface area contributed by atoms with E-state index >= 15 is 0 Å². The molecule has 1 aromatic carbocycles. The monoisotopic (exact) mass is 396 g/mol. The van der Waals surface area contributed by atoms with E-state index < -0.39 is 0 Å². The number of carbonyl (C=O) groups is 2. The van der Waals surface area contributed by atoms with Crippen LogP contribution in [-0.4, -0.2) is 61.1 Å². The largest absolute Gasteiger partial charge is 0.379 e.